The lowest BCUT2D eigenvalue weighted by atomic mass is 10.2. The molecule has 0 amide bonds. The Balaban J connectivity index is 2.59. The number of hydrogen-bond donors (Lipinski definition) is 1. The molecule has 78 valence electrons. The molecule has 0 spiro atoms. The summed E-state index contributed by atoms with van der Waals surface area (Å²) in [6, 6.07) is 5.23. The van der Waals surface area contributed by atoms with Gasteiger partial charge in [-0.25, -0.2) is 0 Å². The van der Waals surface area contributed by atoms with E-state index in [1.165, 1.54) is 9.75 Å². The van der Waals surface area contributed by atoms with E-state index in [2.05, 4.69) is 44.8 Å². The molecular formula is C12H19NS. The summed E-state index contributed by atoms with van der Waals surface area (Å²) >= 11 is 1.90. The normalized spacial score (nSPS) is 15.1. The van der Waals surface area contributed by atoms with Gasteiger partial charge in [0.15, 0.2) is 0 Å². The molecule has 0 saturated heterocycles. The van der Waals surface area contributed by atoms with Crippen molar-refractivity contribution in [1.29, 1.82) is 0 Å². The van der Waals surface area contributed by atoms with Gasteiger partial charge >= 0.3 is 0 Å². The van der Waals surface area contributed by atoms with E-state index in [4.69, 9.17) is 0 Å². The second-order valence-electron chi connectivity index (χ2n) is 3.57. The first-order chi connectivity index (χ1) is 6.67. The van der Waals surface area contributed by atoms with Gasteiger partial charge in [-0.05, 0) is 32.4 Å². The molecule has 0 fully saturated rings. The number of aryl methyl sites for hydroxylation is 1. The highest BCUT2D eigenvalue weighted by Crippen LogP contribution is 2.23. The largest absolute Gasteiger partial charge is 0.303 e. The van der Waals surface area contributed by atoms with Crippen molar-refractivity contribution >= 4 is 11.3 Å². The van der Waals surface area contributed by atoms with Crippen LogP contribution < -0.4 is 5.32 Å². The zero-order chi connectivity index (χ0) is 10.6. The molecule has 1 heterocycles. The maximum Gasteiger partial charge on any atom is 0.0390 e. The van der Waals surface area contributed by atoms with Crippen molar-refractivity contribution < 1.29 is 0 Å². The molecule has 0 radical (unpaired) electrons. The second kappa shape index (κ2) is 5.32. The zero-order valence-electron chi connectivity index (χ0n) is 9.21. The first-order valence-corrected chi connectivity index (χ1v) is 5.96. The lowest BCUT2D eigenvalue weighted by molar-refractivity contribution is 0.544. The number of thiophene rings is 1. The highest BCUT2D eigenvalue weighted by molar-refractivity contribution is 7.12. The van der Waals surface area contributed by atoms with Crippen LogP contribution in [-0.4, -0.2) is 6.04 Å². The van der Waals surface area contributed by atoms with E-state index in [9.17, 15) is 0 Å². The van der Waals surface area contributed by atoms with E-state index < -0.39 is 0 Å². The maximum absolute atomic E-state index is 3.77. The lowest BCUT2D eigenvalue weighted by Gasteiger charge is -2.15. The maximum atomic E-state index is 3.77. The van der Waals surface area contributed by atoms with Crippen molar-refractivity contribution in [3.8, 4) is 0 Å². The van der Waals surface area contributed by atoms with Crippen LogP contribution in [0, 0.1) is 0 Å². The summed E-state index contributed by atoms with van der Waals surface area (Å²) in [5.74, 6) is 0. The Hall–Kier alpha value is -0.600. The molecule has 0 aromatic carbocycles. The minimum absolute atomic E-state index is 0.372. The summed E-state index contributed by atoms with van der Waals surface area (Å²) < 4.78 is 0. The second-order valence-corrected chi connectivity index (χ2v) is 4.77. The van der Waals surface area contributed by atoms with Gasteiger partial charge in [0, 0.05) is 21.8 Å². The van der Waals surface area contributed by atoms with Crippen molar-refractivity contribution in [3.05, 3.63) is 34.5 Å². The third kappa shape index (κ3) is 2.96. The van der Waals surface area contributed by atoms with Gasteiger partial charge in [0.05, 0.1) is 0 Å². The SMILES string of the molecule is C=CC(C)NC(C)c1ccc(CC)s1. The Bertz CT molecular complexity index is 290. The van der Waals surface area contributed by atoms with Crippen LogP contribution in [0.3, 0.4) is 0 Å². The summed E-state index contributed by atoms with van der Waals surface area (Å²) in [6.45, 7) is 10.3. The molecule has 14 heavy (non-hydrogen) atoms. The van der Waals surface area contributed by atoms with E-state index in [1.807, 2.05) is 17.4 Å². The third-order valence-electron chi connectivity index (χ3n) is 2.32. The van der Waals surface area contributed by atoms with Gasteiger partial charge in [-0.2, -0.15) is 0 Å². The molecule has 0 bridgehead atoms. The van der Waals surface area contributed by atoms with Crippen molar-refractivity contribution in [2.75, 3.05) is 0 Å². The predicted octanol–water partition coefficient (Wildman–Crippen LogP) is 3.54. The molecule has 1 aromatic heterocycles. The van der Waals surface area contributed by atoms with Crippen LogP contribution >= 0.6 is 11.3 Å². The molecule has 2 atom stereocenters. The van der Waals surface area contributed by atoms with Gasteiger partial charge in [-0.15, -0.1) is 17.9 Å². The highest BCUT2D eigenvalue weighted by atomic mass is 32.1. The first-order valence-electron chi connectivity index (χ1n) is 5.14. The molecule has 1 rings (SSSR count). The van der Waals surface area contributed by atoms with Gasteiger partial charge in [0.1, 0.15) is 0 Å². The molecule has 0 aliphatic rings. The molecule has 2 unspecified atom stereocenters. The smallest absolute Gasteiger partial charge is 0.0390 e. The average Bonchev–Trinajstić information content (AvgIpc) is 2.65. The minimum Gasteiger partial charge on any atom is -0.303 e. The molecule has 1 nitrogen and oxygen atoms in total. The molecule has 1 aromatic rings. The summed E-state index contributed by atoms with van der Waals surface area (Å²) in [6.07, 6.45) is 3.07. The molecule has 1 N–H and O–H groups in total. The number of rotatable bonds is 5. The fourth-order valence-corrected chi connectivity index (χ4v) is 2.33. The summed E-state index contributed by atoms with van der Waals surface area (Å²) in [7, 11) is 0. The van der Waals surface area contributed by atoms with Crippen LogP contribution in [0.5, 0.6) is 0 Å². The molecule has 0 aliphatic heterocycles. The van der Waals surface area contributed by atoms with Gasteiger partial charge < -0.3 is 5.32 Å². The predicted molar refractivity (Wildman–Crippen MR) is 64.9 cm³/mol. The van der Waals surface area contributed by atoms with Crippen LogP contribution in [-0.2, 0) is 6.42 Å². The van der Waals surface area contributed by atoms with E-state index in [1.54, 1.807) is 0 Å². The molecule has 0 aliphatic carbocycles. The summed E-state index contributed by atoms with van der Waals surface area (Å²) in [4.78, 5) is 2.87. The fraction of sp³-hybridized carbons (Fsp3) is 0.500. The molecule has 2 heteroatoms. The molecular weight excluding hydrogens is 190 g/mol. The van der Waals surface area contributed by atoms with Crippen LogP contribution in [0.15, 0.2) is 24.8 Å². The molecule has 0 saturated carbocycles. The van der Waals surface area contributed by atoms with Crippen molar-refractivity contribution in [2.45, 2.75) is 39.3 Å². The quantitative estimate of drug-likeness (QED) is 0.731. The van der Waals surface area contributed by atoms with Gasteiger partial charge in [0.2, 0.25) is 0 Å². The average molecular weight is 209 g/mol. The first kappa shape index (κ1) is 11.5. The Morgan fingerprint density at radius 1 is 1.50 bits per heavy atom. The topological polar surface area (TPSA) is 12.0 Å². The van der Waals surface area contributed by atoms with E-state index in [-0.39, 0.29) is 0 Å². The van der Waals surface area contributed by atoms with E-state index in [0.717, 1.165) is 6.42 Å². The van der Waals surface area contributed by atoms with Crippen LogP contribution in [0.1, 0.15) is 36.6 Å². The lowest BCUT2D eigenvalue weighted by Crippen LogP contribution is -2.26. The fourth-order valence-electron chi connectivity index (χ4n) is 1.36. The summed E-state index contributed by atoms with van der Waals surface area (Å²) in [5, 5.41) is 3.48. The van der Waals surface area contributed by atoms with Crippen LogP contribution in [0.25, 0.3) is 0 Å². The van der Waals surface area contributed by atoms with E-state index >= 15 is 0 Å². The Morgan fingerprint density at radius 3 is 2.71 bits per heavy atom. The Morgan fingerprint density at radius 2 is 2.21 bits per heavy atom. The standard InChI is InChI=1S/C12H19NS/c1-5-9(3)13-10(4)12-8-7-11(6-2)14-12/h5,7-10,13H,1,6H2,2-4H3. The van der Waals surface area contributed by atoms with Gasteiger partial charge in [-0.1, -0.05) is 13.0 Å². The van der Waals surface area contributed by atoms with Crippen molar-refractivity contribution in [1.82, 2.24) is 5.32 Å². The van der Waals surface area contributed by atoms with Crippen molar-refractivity contribution in [3.63, 3.8) is 0 Å². The number of hydrogen-bond acceptors (Lipinski definition) is 2. The van der Waals surface area contributed by atoms with Crippen LogP contribution in [0.2, 0.25) is 0 Å². The van der Waals surface area contributed by atoms with Crippen molar-refractivity contribution in [2.24, 2.45) is 0 Å². The highest BCUT2D eigenvalue weighted by Gasteiger charge is 2.09. The third-order valence-corrected chi connectivity index (χ3v) is 3.74. The van der Waals surface area contributed by atoms with E-state index in [0.29, 0.717) is 12.1 Å². The van der Waals surface area contributed by atoms with Gasteiger partial charge in [0.25, 0.3) is 0 Å². The minimum atomic E-state index is 0.372. The van der Waals surface area contributed by atoms with Crippen LogP contribution in [0.4, 0.5) is 0 Å². The summed E-state index contributed by atoms with van der Waals surface area (Å²) in [5.41, 5.74) is 0. The Labute approximate surface area is 90.9 Å². The number of nitrogens with one attached hydrogen (secondary N) is 1. The monoisotopic (exact) mass is 209 g/mol. The Kier molecular flexibility index (Phi) is 4.36. The van der Waals surface area contributed by atoms with Gasteiger partial charge in [-0.3, -0.25) is 0 Å². The zero-order valence-corrected chi connectivity index (χ0v) is 10.0.